The minimum absolute atomic E-state index is 0.378. The number of nitrogens with zero attached hydrogens (tertiary/aromatic N) is 1. The number of hydrogen-bond donors (Lipinski definition) is 1. The van der Waals surface area contributed by atoms with Gasteiger partial charge in [0.2, 0.25) is 0 Å². The summed E-state index contributed by atoms with van der Waals surface area (Å²) < 4.78 is 39.0. The Kier molecular flexibility index (Phi) is 3.04. The zero-order valence-electron chi connectivity index (χ0n) is 7.58. The third kappa shape index (κ3) is 2.88. The molecule has 1 aromatic carbocycles. The molecular formula is C9H4F3NO3. The first-order valence-electron chi connectivity index (χ1n) is 3.86. The van der Waals surface area contributed by atoms with Crippen molar-refractivity contribution in [3.05, 3.63) is 29.3 Å². The first-order valence-corrected chi connectivity index (χ1v) is 3.86. The quantitative estimate of drug-likeness (QED) is 0.846. The standard InChI is InChI=1S/C9H4F3NO3/c10-9(11,12)16-6-1-2-7(8(14)15)5(3-6)4-13/h1-3H,(H,14,15). The van der Waals surface area contributed by atoms with Crippen molar-refractivity contribution in [2.45, 2.75) is 6.36 Å². The topological polar surface area (TPSA) is 70.3 Å². The van der Waals surface area contributed by atoms with Crippen molar-refractivity contribution in [3.8, 4) is 11.8 Å². The first-order chi connectivity index (χ1) is 7.33. The summed E-state index contributed by atoms with van der Waals surface area (Å²) in [6.07, 6.45) is -4.88. The number of carboxylic acids is 1. The number of carbonyl (C=O) groups is 1. The number of benzene rings is 1. The summed E-state index contributed by atoms with van der Waals surface area (Å²) in [4.78, 5) is 10.6. The van der Waals surface area contributed by atoms with Gasteiger partial charge < -0.3 is 9.84 Å². The number of hydrogen-bond acceptors (Lipinski definition) is 3. The summed E-state index contributed by atoms with van der Waals surface area (Å²) in [6.45, 7) is 0. The van der Waals surface area contributed by atoms with Crippen LogP contribution in [0, 0.1) is 11.3 Å². The number of alkyl halides is 3. The Labute approximate surface area is 87.5 Å². The molecule has 0 aromatic heterocycles. The molecule has 1 N–H and O–H groups in total. The van der Waals surface area contributed by atoms with Crippen LogP contribution in [0.2, 0.25) is 0 Å². The van der Waals surface area contributed by atoms with Crippen molar-refractivity contribution in [1.82, 2.24) is 0 Å². The second-order valence-electron chi connectivity index (χ2n) is 2.67. The lowest BCUT2D eigenvalue weighted by atomic mass is 10.1. The maximum absolute atomic E-state index is 11.8. The van der Waals surface area contributed by atoms with Crippen molar-refractivity contribution in [2.75, 3.05) is 0 Å². The maximum atomic E-state index is 11.8. The molecule has 0 unspecified atom stereocenters. The highest BCUT2D eigenvalue weighted by atomic mass is 19.4. The molecule has 0 radical (unpaired) electrons. The van der Waals surface area contributed by atoms with Crippen molar-refractivity contribution < 1.29 is 27.8 Å². The average molecular weight is 231 g/mol. The second-order valence-corrected chi connectivity index (χ2v) is 2.67. The summed E-state index contributed by atoms with van der Waals surface area (Å²) in [6, 6.07) is 3.90. The van der Waals surface area contributed by atoms with Gasteiger partial charge in [0.1, 0.15) is 11.8 Å². The molecule has 0 amide bonds. The number of aromatic carboxylic acids is 1. The van der Waals surface area contributed by atoms with Gasteiger partial charge in [-0.1, -0.05) is 0 Å². The van der Waals surface area contributed by atoms with Gasteiger partial charge in [-0.25, -0.2) is 4.79 Å². The van der Waals surface area contributed by atoms with E-state index in [1.54, 1.807) is 0 Å². The number of carboxylic acid groups (broad SMARTS) is 1. The summed E-state index contributed by atoms with van der Waals surface area (Å²) >= 11 is 0. The highest BCUT2D eigenvalue weighted by Crippen LogP contribution is 2.24. The Balaban J connectivity index is 3.11. The third-order valence-corrected chi connectivity index (χ3v) is 1.58. The molecule has 1 aromatic rings. The molecular weight excluding hydrogens is 227 g/mol. The molecule has 7 heteroatoms. The molecule has 0 saturated carbocycles. The molecule has 0 bridgehead atoms. The molecule has 0 spiro atoms. The van der Waals surface area contributed by atoms with Gasteiger partial charge in [0.15, 0.2) is 0 Å². The predicted molar refractivity (Wildman–Crippen MR) is 44.8 cm³/mol. The largest absolute Gasteiger partial charge is 0.573 e. The molecule has 0 aliphatic rings. The summed E-state index contributed by atoms with van der Waals surface area (Å²) in [7, 11) is 0. The van der Waals surface area contributed by atoms with E-state index in [1.165, 1.54) is 6.07 Å². The van der Waals surface area contributed by atoms with Gasteiger partial charge >= 0.3 is 12.3 Å². The summed E-state index contributed by atoms with van der Waals surface area (Å²) in [5.74, 6) is -2.02. The number of nitriles is 1. The van der Waals surface area contributed by atoms with E-state index < -0.39 is 23.6 Å². The third-order valence-electron chi connectivity index (χ3n) is 1.58. The van der Waals surface area contributed by atoms with Crippen molar-refractivity contribution in [1.29, 1.82) is 5.26 Å². The Morgan fingerprint density at radius 1 is 1.44 bits per heavy atom. The predicted octanol–water partition coefficient (Wildman–Crippen LogP) is 2.16. The van der Waals surface area contributed by atoms with Crippen LogP contribution in [0.15, 0.2) is 18.2 Å². The normalized spacial score (nSPS) is 10.6. The van der Waals surface area contributed by atoms with Gasteiger partial charge in [0.25, 0.3) is 0 Å². The molecule has 84 valence electrons. The molecule has 1 rings (SSSR count). The van der Waals surface area contributed by atoms with Gasteiger partial charge in [0.05, 0.1) is 11.1 Å². The Hall–Kier alpha value is -2.23. The van der Waals surface area contributed by atoms with Gasteiger partial charge in [-0.3, -0.25) is 0 Å². The second kappa shape index (κ2) is 4.10. The van der Waals surface area contributed by atoms with Gasteiger partial charge in [-0.05, 0) is 18.2 Å². The first kappa shape index (κ1) is 11.8. The number of halogens is 3. The van der Waals surface area contributed by atoms with E-state index in [1.807, 2.05) is 0 Å². The molecule has 0 heterocycles. The highest BCUT2D eigenvalue weighted by molar-refractivity contribution is 5.90. The van der Waals surface area contributed by atoms with Crippen LogP contribution in [0.25, 0.3) is 0 Å². The zero-order chi connectivity index (χ0) is 12.3. The fourth-order valence-electron chi connectivity index (χ4n) is 0.999. The molecule has 0 saturated heterocycles. The van der Waals surface area contributed by atoms with Crippen LogP contribution in [0.4, 0.5) is 13.2 Å². The van der Waals surface area contributed by atoms with E-state index in [0.717, 1.165) is 18.2 Å². The van der Waals surface area contributed by atoms with E-state index in [-0.39, 0.29) is 5.56 Å². The van der Waals surface area contributed by atoms with Crippen LogP contribution in [-0.2, 0) is 0 Å². The minimum atomic E-state index is -4.88. The number of ether oxygens (including phenoxy) is 1. The molecule has 0 fully saturated rings. The highest BCUT2D eigenvalue weighted by Gasteiger charge is 2.31. The Morgan fingerprint density at radius 2 is 2.06 bits per heavy atom. The molecule has 4 nitrogen and oxygen atoms in total. The molecule has 0 aliphatic carbocycles. The van der Waals surface area contributed by atoms with Crippen LogP contribution in [0.5, 0.6) is 5.75 Å². The smallest absolute Gasteiger partial charge is 0.478 e. The van der Waals surface area contributed by atoms with Crippen molar-refractivity contribution in [3.63, 3.8) is 0 Å². The maximum Gasteiger partial charge on any atom is 0.573 e. The van der Waals surface area contributed by atoms with E-state index in [0.29, 0.717) is 0 Å². The van der Waals surface area contributed by atoms with E-state index in [2.05, 4.69) is 4.74 Å². The summed E-state index contributed by atoms with van der Waals surface area (Å²) in [5, 5.41) is 17.1. The van der Waals surface area contributed by atoms with Gasteiger partial charge in [0, 0.05) is 0 Å². The summed E-state index contributed by atoms with van der Waals surface area (Å²) in [5.41, 5.74) is -0.772. The van der Waals surface area contributed by atoms with Crippen LogP contribution in [-0.4, -0.2) is 17.4 Å². The van der Waals surface area contributed by atoms with Crippen LogP contribution < -0.4 is 4.74 Å². The van der Waals surface area contributed by atoms with Crippen LogP contribution in [0.3, 0.4) is 0 Å². The van der Waals surface area contributed by atoms with Crippen molar-refractivity contribution in [2.24, 2.45) is 0 Å². The monoisotopic (exact) mass is 231 g/mol. The van der Waals surface area contributed by atoms with Crippen LogP contribution in [0.1, 0.15) is 15.9 Å². The number of rotatable bonds is 2. The minimum Gasteiger partial charge on any atom is -0.478 e. The molecule has 0 atom stereocenters. The van der Waals surface area contributed by atoms with E-state index >= 15 is 0 Å². The van der Waals surface area contributed by atoms with Gasteiger partial charge in [-0.2, -0.15) is 5.26 Å². The SMILES string of the molecule is N#Cc1cc(OC(F)(F)F)ccc1C(=O)O. The molecule has 16 heavy (non-hydrogen) atoms. The fourth-order valence-corrected chi connectivity index (χ4v) is 0.999. The van der Waals surface area contributed by atoms with E-state index in [4.69, 9.17) is 10.4 Å². The Morgan fingerprint density at radius 3 is 2.50 bits per heavy atom. The van der Waals surface area contributed by atoms with Gasteiger partial charge in [-0.15, -0.1) is 13.2 Å². The molecule has 0 aliphatic heterocycles. The van der Waals surface area contributed by atoms with Crippen molar-refractivity contribution >= 4 is 5.97 Å². The van der Waals surface area contributed by atoms with Crippen LogP contribution >= 0.6 is 0 Å². The van der Waals surface area contributed by atoms with E-state index in [9.17, 15) is 18.0 Å². The lowest BCUT2D eigenvalue weighted by Crippen LogP contribution is -2.17. The lowest BCUT2D eigenvalue weighted by Gasteiger charge is -2.09. The fraction of sp³-hybridized carbons (Fsp3) is 0.111. The Bertz CT molecular complexity index is 462. The lowest BCUT2D eigenvalue weighted by molar-refractivity contribution is -0.274. The zero-order valence-corrected chi connectivity index (χ0v) is 7.58. The average Bonchev–Trinajstić information content (AvgIpc) is 2.14.